The van der Waals surface area contributed by atoms with Gasteiger partial charge in [-0.25, -0.2) is 0 Å². The molecule has 0 aliphatic carbocycles. The molecule has 1 amide bonds. The Balaban J connectivity index is 2.90. The Morgan fingerprint density at radius 2 is 2.33 bits per heavy atom. The quantitative estimate of drug-likeness (QED) is 0.849. The fourth-order valence-corrected chi connectivity index (χ4v) is 1.61. The number of benzene rings is 1. The van der Waals surface area contributed by atoms with Crippen LogP contribution < -0.4 is 5.32 Å². The zero-order chi connectivity index (χ0) is 11.4. The van der Waals surface area contributed by atoms with Crippen LogP contribution in [-0.2, 0) is 0 Å². The predicted molar refractivity (Wildman–Crippen MR) is 66.3 cm³/mol. The minimum Gasteiger partial charge on any atom is -0.346 e. The molecule has 2 nitrogen and oxygen atoms in total. The van der Waals surface area contributed by atoms with E-state index in [1.165, 1.54) is 0 Å². The van der Waals surface area contributed by atoms with Gasteiger partial charge in [-0.05, 0) is 41.1 Å². The van der Waals surface area contributed by atoms with Crippen molar-refractivity contribution in [2.45, 2.75) is 13.0 Å². The largest absolute Gasteiger partial charge is 0.346 e. The predicted octanol–water partition coefficient (Wildman–Crippen LogP) is 3.41. The maximum absolute atomic E-state index is 11.7. The number of hydrogen-bond acceptors (Lipinski definition) is 1. The molecule has 1 N–H and O–H groups in total. The summed E-state index contributed by atoms with van der Waals surface area (Å²) < 4.78 is 0.723. The molecule has 0 aliphatic heterocycles. The molecule has 0 heterocycles. The summed E-state index contributed by atoms with van der Waals surface area (Å²) in [5.74, 6) is -0.170. The second kappa shape index (κ2) is 5.33. The molecule has 1 aromatic rings. The van der Waals surface area contributed by atoms with Crippen molar-refractivity contribution < 1.29 is 4.79 Å². The lowest BCUT2D eigenvalue weighted by atomic mass is 10.2. The second-order valence-corrected chi connectivity index (χ2v) is 4.41. The zero-order valence-corrected chi connectivity index (χ0v) is 10.6. The van der Waals surface area contributed by atoms with Crippen molar-refractivity contribution >= 4 is 33.4 Å². The average molecular weight is 289 g/mol. The highest BCUT2D eigenvalue weighted by Crippen LogP contribution is 2.21. The number of amides is 1. The Labute approximate surface area is 102 Å². The maximum atomic E-state index is 11.7. The van der Waals surface area contributed by atoms with Crippen LogP contribution >= 0.6 is 27.5 Å². The minimum absolute atomic E-state index is 0.0663. The Morgan fingerprint density at radius 1 is 1.67 bits per heavy atom. The first kappa shape index (κ1) is 12.3. The third kappa shape index (κ3) is 3.36. The van der Waals surface area contributed by atoms with Gasteiger partial charge in [-0.3, -0.25) is 4.79 Å². The normalized spacial score (nSPS) is 11.9. The van der Waals surface area contributed by atoms with E-state index in [-0.39, 0.29) is 11.9 Å². The molecule has 0 saturated carbocycles. The molecule has 0 saturated heterocycles. The van der Waals surface area contributed by atoms with Crippen LogP contribution in [0.15, 0.2) is 35.3 Å². The molecule has 1 atom stereocenters. The smallest absolute Gasteiger partial charge is 0.252 e. The summed E-state index contributed by atoms with van der Waals surface area (Å²) in [6, 6.07) is 5.02. The fourth-order valence-electron chi connectivity index (χ4n) is 1.01. The van der Waals surface area contributed by atoms with Crippen molar-refractivity contribution in [3.63, 3.8) is 0 Å². The maximum Gasteiger partial charge on any atom is 0.252 e. The molecule has 4 heteroatoms. The second-order valence-electron chi connectivity index (χ2n) is 3.12. The van der Waals surface area contributed by atoms with Gasteiger partial charge in [0.05, 0.1) is 5.56 Å². The first-order chi connectivity index (χ1) is 7.04. The van der Waals surface area contributed by atoms with Crippen LogP contribution in [0.2, 0.25) is 5.02 Å². The van der Waals surface area contributed by atoms with Gasteiger partial charge in [0.25, 0.3) is 5.91 Å². The highest BCUT2D eigenvalue weighted by Gasteiger charge is 2.11. The number of nitrogens with one attached hydrogen (secondary N) is 1. The van der Waals surface area contributed by atoms with E-state index in [2.05, 4.69) is 27.8 Å². The Hall–Kier alpha value is -0.800. The molecule has 0 aromatic heterocycles. The van der Waals surface area contributed by atoms with Crippen LogP contribution in [-0.4, -0.2) is 11.9 Å². The molecule has 1 aromatic carbocycles. The van der Waals surface area contributed by atoms with Gasteiger partial charge in [0.15, 0.2) is 0 Å². The monoisotopic (exact) mass is 287 g/mol. The summed E-state index contributed by atoms with van der Waals surface area (Å²) in [6.45, 7) is 5.45. The first-order valence-electron chi connectivity index (χ1n) is 4.43. The van der Waals surface area contributed by atoms with E-state index in [0.29, 0.717) is 10.6 Å². The lowest BCUT2D eigenvalue weighted by Gasteiger charge is -2.10. The summed E-state index contributed by atoms with van der Waals surface area (Å²) in [6.07, 6.45) is 1.66. The van der Waals surface area contributed by atoms with Crippen molar-refractivity contribution in [1.82, 2.24) is 5.32 Å². The van der Waals surface area contributed by atoms with Crippen molar-refractivity contribution in [1.29, 1.82) is 0 Å². The zero-order valence-electron chi connectivity index (χ0n) is 8.26. The number of halogens is 2. The number of hydrogen-bond donors (Lipinski definition) is 1. The van der Waals surface area contributed by atoms with E-state index in [1.54, 1.807) is 24.3 Å². The van der Waals surface area contributed by atoms with Crippen molar-refractivity contribution in [2.24, 2.45) is 0 Å². The Morgan fingerprint density at radius 3 is 2.93 bits per heavy atom. The van der Waals surface area contributed by atoms with E-state index >= 15 is 0 Å². The Bertz CT molecular complexity index is 392. The molecule has 1 rings (SSSR count). The van der Waals surface area contributed by atoms with Gasteiger partial charge in [0, 0.05) is 15.5 Å². The third-order valence-electron chi connectivity index (χ3n) is 1.89. The lowest BCUT2D eigenvalue weighted by Crippen LogP contribution is -2.31. The topological polar surface area (TPSA) is 29.1 Å². The van der Waals surface area contributed by atoms with E-state index in [1.807, 2.05) is 6.92 Å². The first-order valence-corrected chi connectivity index (χ1v) is 5.60. The summed E-state index contributed by atoms with van der Waals surface area (Å²) in [4.78, 5) is 11.7. The summed E-state index contributed by atoms with van der Waals surface area (Å²) >= 11 is 9.11. The molecule has 15 heavy (non-hydrogen) atoms. The third-order valence-corrected chi connectivity index (χ3v) is 2.81. The number of carbonyl (C=O) groups is 1. The van der Waals surface area contributed by atoms with E-state index in [0.717, 1.165) is 4.47 Å². The fraction of sp³-hybridized carbons (Fsp3) is 0.182. The van der Waals surface area contributed by atoms with Gasteiger partial charge in [0.2, 0.25) is 0 Å². The molecule has 0 radical (unpaired) electrons. The van der Waals surface area contributed by atoms with E-state index in [4.69, 9.17) is 11.6 Å². The summed E-state index contributed by atoms with van der Waals surface area (Å²) in [5, 5.41) is 3.30. The van der Waals surface area contributed by atoms with Crippen molar-refractivity contribution in [2.75, 3.05) is 0 Å². The minimum atomic E-state index is -0.170. The van der Waals surface area contributed by atoms with Crippen LogP contribution in [0, 0.1) is 0 Å². The number of rotatable bonds is 3. The van der Waals surface area contributed by atoms with Gasteiger partial charge < -0.3 is 5.32 Å². The molecule has 80 valence electrons. The summed E-state index contributed by atoms with van der Waals surface area (Å²) in [5.41, 5.74) is 0.524. The molecule has 0 fully saturated rings. The molecular weight excluding hydrogens is 277 g/mol. The molecule has 1 unspecified atom stereocenters. The van der Waals surface area contributed by atoms with Gasteiger partial charge >= 0.3 is 0 Å². The van der Waals surface area contributed by atoms with Crippen LogP contribution in [0.3, 0.4) is 0 Å². The lowest BCUT2D eigenvalue weighted by molar-refractivity contribution is 0.0946. The van der Waals surface area contributed by atoms with Crippen molar-refractivity contribution in [3.8, 4) is 0 Å². The van der Waals surface area contributed by atoms with Gasteiger partial charge in [-0.2, -0.15) is 0 Å². The highest BCUT2D eigenvalue weighted by atomic mass is 79.9. The molecule has 0 aliphatic rings. The SMILES string of the molecule is C=CC(C)NC(=O)c1cc(Cl)ccc1Br. The average Bonchev–Trinajstić information content (AvgIpc) is 2.21. The van der Waals surface area contributed by atoms with Crippen LogP contribution in [0.1, 0.15) is 17.3 Å². The standard InChI is InChI=1S/C11H11BrClNO/c1-3-7(2)14-11(15)9-6-8(13)4-5-10(9)12/h3-7H,1H2,2H3,(H,14,15). The Kier molecular flexibility index (Phi) is 4.36. The van der Waals surface area contributed by atoms with Gasteiger partial charge in [-0.1, -0.05) is 17.7 Å². The van der Waals surface area contributed by atoms with Crippen molar-refractivity contribution in [3.05, 3.63) is 45.9 Å². The van der Waals surface area contributed by atoms with Crippen LogP contribution in [0.4, 0.5) is 0 Å². The molecule has 0 spiro atoms. The van der Waals surface area contributed by atoms with E-state index in [9.17, 15) is 4.79 Å². The molecule has 0 bridgehead atoms. The van der Waals surface area contributed by atoms with Gasteiger partial charge in [-0.15, -0.1) is 6.58 Å². The van der Waals surface area contributed by atoms with E-state index < -0.39 is 0 Å². The van der Waals surface area contributed by atoms with Crippen LogP contribution in [0.5, 0.6) is 0 Å². The summed E-state index contributed by atoms with van der Waals surface area (Å²) in [7, 11) is 0. The number of carbonyl (C=O) groups excluding carboxylic acids is 1. The van der Waals surface area contributed by atoms with Gasteiger partial charge in [0.1, 0.15) is 0 Å². The molecular formula is C11H11BrClNO. The van der Waals surface area contributed by atoms with Crippen LogP contribution in [0.25, 0.3) is 0 Å². The highest BCUT2D eigenvalue weighted by molar-refractivity contribution is 9.10.